The Morgan fingerprint density at radius 1 is 1.44 bits per heavy atom. The molecule has 0 spiro atoms. The van der Waals surface area contributed by atoms with Crippen molar-refractivity contribution in [3.8, 4) is 0 Å². The molecule has 0 aliphatic carbocycles. The zero-order valence-corrected chi connectivity index (χ0v) is 11.1. The smallest absolute Gasteiger partial charge is 0.223 e. The number of carbonyl (C=O) groups is 1. The highest BCUT2D eigenvalue weighted by Crippen LogP contribution is 2.25. The van der Waals surface area contributed by atoms with E-state index in [2.05, 4.69) is 28.8 Å². The molecule has 1 heterocycles. The molecule has 0 aromatic heterocycles. The molecule has 0 saturated heterocycles. The summed E-state index contributed by atoms with van der Waals surface area (Å²) in [5.41, 5.74) is 3.98. The fourth-order valence-corrected chi connectivity index (χ4v) is 2.20. The summed E-state index contributed by atoms with van der Waals surface area (Å²) in [6.07, 6.45) is 1.66. The number of para-hydroxylation sites is 1. The minimum absolute atomic E-state index is 0.166. The lowest BCUT2D eigenvalue weighted by Gasteiger charge is -2.12. The summed E-state index contributed by atoms with van der Waals surface area (Å²) in [7, 11) is 3.58. The maximum Gasteiger partial charge on any atom is 0.223 e. The highest BCUT2D eigenvalue weighted by atomic mass is 16.2. The van der Waals surface area contributed by atoms with E-state index >= 15 is 0 Å². The van der Waals surface area contributed by atoms with Gasteiger partial charge in [-0.05, 0) is 17.5 Å². The maximum atomic E-state index is 11.4. The van der Waals surface area contributed by atoms with Gasteiger partial charge in [0.2, 0.25) is 5.91 Å². The van der Waals surface area contributed by atoms with E-state index in [1.165, 1.54) is 16.8 Å². The fraction of sp³-hybridized carbons (Fsp3) is 0.500. The Morgan fingerprint density at radius 3 is 3.06 bits per heavy atom. The zero-order valence-electron chi connectivity index (χ0n) is 11.1. The molecular formula is C14H21N3O. The van der Waals surface area contributed by atoms with Gasteiger partial charge in [-0.1, -0.05) is 18.2 Å². The average Bonchev–Trinajstić information content (AvgIpc) is 2.83. The van der Waals surface area contributed by atoms with E-state index in [9.17, 15) is 4.79 Å². The number of hydrogen-bond donors (Lipinski definition) is 2. The number of nitrogens with zero attached hydrogens (tertiary/aromatic N) is 1. The monoisotopic (exact) mass is 247 g/mol. The van der Waals surface area contributed by atoms with Crippen LogP contribution in [0, 0.1) is 0 Å². The Morgan fingerprint density at radius 2 is 2.28 bits per heavy atom. The molecule has 4 nitrogen and oxygen atoms in total. The van der Waals surface area contributed by atoms with Gasteiger partial charge in [0.15, 0.2) is 0 Å². The van der Waals surface area contributed by atoms with Crippen molar-refractivity contribution in [1.82, 2.24) is 10.2 Å². The van der Waals surface area contributed by atoms with Gasteiger partial charge in [-0.25, -0.2) is 0 Å². The van der Waals surface area contributed by atoms with Crippen LogP contribution >= 0.6 is 0 Å². The number of fused-ring (bicyclic) bond motifs is 1. The molecule has 0 atom stereocenters. The molecule has 1 aliphatic rings. The number of amides is 1. The van der Waals surface area contributed by atoms with Gasteiger partial charge in [0.25, 0.3) is 0 Å². The van der Waals surface area contributed by atoms with E-state index in [1.54, 1.807) is 19.0 Å². The van der Waals surface area contributed by atoms with E-state index < -0.39 is 0 Å². The molecule has 2 rings (SSSR count). The summed E-state index contributed by atoms with van der Waals surface area (Å²) in [5, 5.41) is 6.75. The lowest BCUT2D eigenvalue weighted by Crippen LogP contribution is -2.26. The number of nitrogens with one attached hydrogen (secondary N) is 2. The maximum absolute atomic E-state index is 11.4. The molecule has 4 heteroatoms. The van der Waals surface area contributed by atoms with Crippen LogP contribution in [-0.2, 0) is 17.8 Å². The van der Waals surface area contributed by atoms with Gasteiger partial charge in [0.05, 0.1) is 0 Å². The van der Waals surface area contributed by atoms with E-state index in [0.29, 0.717) is 6.42 Å². The predicted molar refractivity (Wildman–Crippen MR) is 73.7 cm³/mol. The topological polar surface area (TPSA) is 44.4 Å². The fourth-order valence-electron chi connectivity index (χ4n) is 2.20. The molecule has 98 valence electrons. The molecule has 1 aromatic rings. The molecular weight excluding hydrogens is 226 g/mol. The highest BCUT2D eigenvalue weighted by Gasteiger charge is 2.13. The van der Waals surface area contributed by atoms with Gasteiger partial charge in [0.1, 0.15) is 0 Å². The van der Waals surface area contributed by atoms with Crippen molar-refractivity contribution in [2.75, 3.05) is 32.5 Å². The van der Waals surface area contributed by atoms with Gasteiger partial charge in [-0.3, -0.25) is 4.79 Å². The van der Waals surface area contributed by atoms with Crippen molar-refractivity contribution < 1.29 is 4.79 Å². The first-order valence-electron chi connectivity index (χ1n) is 6.44. The molecule has 0 unspecified atom stereocenters. The predicted octanol–water partition coefficient (Wildman–Crippen LogP) is 1.22. The van der Waals surface area contributed by atoms with Crippen LogP contribution in [0.2, 0.25) is 0 Å². The van der Waals surface area contributed by atoms with Gasteiger partial charge < -0.3 is 15.5 Å². The van der Waals surface area contributed by atoms with Crippen molar-refractivity contribution >= 4 is 11.6 Å². The van der Waals surface area contributed by atoms with Crippen LogP contribution in [0.1, 0.15) is 17.5 Å². The number of benzene rings is 1. The number of carbonyl (C=O) groups excluding carboxylic acids is 1. The van der Waals surface area contributed by atoms with Crippen molar-refractivity contribution in [2.45, 2.75) is 19.4 Å². The van der Waals surface area contributed by atoms with Crippen LogP contribution in [0.5, 0.6) is 0 Å². The molecule has 0 fully saturated rings. The normalized spacial score (nSPS) is 13.0. The number of hydrogen-bond acceptors (Lipinski definition) is 3. The number of rotatable bonds is 5. The molecule has 0 bridgehead atoms. The Labute approximate surface area is 108 Å². The van der Waals surface area contributed by atoms with Crippen LogP contribution in [0.4, 0.5) is 5.69 Å². The van der Waals surface area contributed by atoms with E-state index in [4.69, 9.17) is 0 Å². The Hall–Kier alpha value is -1.55. The van der Waals surface area contributed by atoms with Gasteiger partial charge in [0, 0.05) is 45.8 Å². The molecule has 18 heavy (non-hydrogen) atoms. The molecule has 1 amide bonds. The first-order valence-corrected chi connectivity index (χ1v) is 6.44. The summed E-state index contributed by atoms with van der Waals surface area (Å²) in [5.74, 6) is 0.166. The largest absolute Gasteiger partial charge is 0.384 e. The molecule has 0 radical (unpaired) electrons. The molecule has 2 N–H and O–H groups in total. The first-order chi connectivity index (χ1) is 8.68. The third-order valence-corrected chi connectivity index (χ3v) is 3.26. The zero-order chi connectivity index (χ0) is 13.0. The van der Waals surface area contributed by atoms with Gasteiger partial charge >= 0.3 is 0 Å². The average molecular weight is 247 g/mol. The van der Waals surface area contributed by atoms with Crippen LogP contribution < -0.4 is 10.6 Å². The van der Waals surface area contributed by atoms with Crippen molar-refractivity contribution in [2.24, 2.45) is 0 Å². The minimum Gasteiger partial charge on any atom is -0.384 e. The van der Waals surface area contributed by atoms with E-state index in [1.807, 2.05) is 0 Å². The second-order valence-corrected chi connectivity index (χ2v) is 4.84. The summed E-state index contributed by atoms with van der Waals surface area (Å²) in [6, 6.07) is 6.42. The summed E-state index contributed by atoms with van der Waals surface area (Å²) in [6.45, 7) is 2.57. The molecule has 1 aliphatic heterocycles. The highest BCUT2D eigenvalue weighted by molar-refractivity contribution is 5.75. The minimum atomic E-state index is 0.166. The second kappa shape index (κ2) is 5.87. The Bertz CT molecular complexity index is 429. The third-order valence-electron chi connectivity index (χ3n) is 3.26. The second-order valence-electron chi connectivity index (χ2n) is 4.84. The van der Waals surface area contributed by atoms with Crippen LogP contribution in [-0.4, -0.2) is 38.0 Å². The lowest BCUT2D eigenvalue weighted by molar-refractivity contribution is -0.128. The van der Waals surface area contributed by atoms with Gasteiger partial charge in [-0.2, -0.15) is 0 Å². The summed E-state index contributed by atoms with van der Waals surface area (Å²) < 4.78 is 0. The Kier molecular flexibility index (Phi) is 4.20. The molecule has 1 aromatic carbocycles. The first kappa shape index (κ1) is 12.9. The SMILES string of the molecule is CN(C)C(=O)CCNCc1cccc2c1NCC2. The van der Waals surface area contributed by atoms with E-state index in [-0.39, 0.29) is 5.91 Å². The quantitative estimate of drug-likeness (QED) is 0.769. The summed E-state index contributed by atoms with van der Waals surface area (Å²) >= 11 is 0. The van der Waals surface area contributed by atoms with Crippen LogP contribution in [0.3, 0.4) is 0 Å². The third kappa shape index (κ3) is 3.01. The van der Waals surface area contributed by atoms with Crippen molar-refractivity contribution in [3.63, 3.8) is 0 Å². The summed E-state index contributed by atoms with van der Waals surface area (Å²) in [4.78, 5) is 13.0. The number of anilines is 1. The Balaban J connectivity index is 1.81. The van der Waals surface area contributed by atoms with Crippen LogP contribution in [0.25, 0.3) is 0 Å². The van der Waals surface area contributed by atoms with E-state index in [0.717, 1.165) is 26.1 Å². The van der Waals surface area contributed by atoms with Crippen molar-refractivity contribution in [3.05, 3.63) is 29.3 Å². The molecule has 0 saturated carbocycles. The standard InChI is InChI=1S/C14H21N3O/c1-17(2)13(18)7-8-15-10-12-5-3-4-11-6-9-16-14(11)12/h3-5,15-16H,6-10H2,1-2H3. The lowest BCUT2D eigenvalue weighted by atomic mass is 10.1. The van der Waals surface area contributed by atoms with Gasteiger partial charge in [-0.15, -0.1) is 0 Å². The van der Waals surface area contributed by atoms with Crippen LogP contribution in [0.15, 0.2) is 18.2 Å². The van der Waals surface area contributed by atoms with Crippen molar-refractivity contribution in [1.29, 1.82) is 0 Å².